The summed E-state index contributed by atoms with van der Waals surface area (Å²) >= 11 is 5.99. The zero-order valence-corrected chi connectivity index (χ0v) is 13.2. The van der Waals surface area contributed by atoms with E-state index in [1.54, 1.807) is 12.3 Å². The van der Waals surface area contributed by atoms with Crippen molar-refractivity contribution in [2.45, 2.75) is 19.8 Å². The third kappa shape index (κ3) is 3.22. The Morgan fingerprint density at radius 2 is 2.00 bits per heavy atom. The predicted molar refractivity (Wildman–Crippen MR) is 89.8 cm³/mol. The molecular formula is C17H18ClN3O. The highest BCUT2D eigenvalue weighted by atomic mass is 35.5. The molecule has 1 aliphatic rings. The summed E-state index contributed by atoms with van der Waals surface area (Å²) in [5, 5.41) is 3.50. The number of amides is 1. The summed E-state index contributed by atoms with van der Waals surface area (Å²) < 4.78 is 0. The van der Waals surface area contributed by atoms with Gasteiger partial charge in [0.15, 0.2) is 0 Å². The van der Waals surface area contributed by atoms with Gasteiger partial charge in [-0.25, -0.2) is 0 Å². The predicted octanol–water partition coefficient (Wildman–Crippen LogP) is 3.90. The largest absolute Gasteiger partial charge is 0.370 e. The molecule has 1 N–H and O–H groups in total. The normalized spacial score (nSPS) is 14.2. The van der Waals surface area contributed by atoms with Crippen LogP contribution >= 0.6 is 11.6 Å². The molecule has 1 aliphatic heterocycles. The number of nitrogens with one attached hydrogen (secondary N) is 1. The van der Waals surface area contributed by atoms with Gasteiger partial charge in [0, 0.05) is 30.0 Å². The summed E-state index contributed by atoms with van der Waals surface area (Å²) in [4.78, 5) is 18.9. The van der Waals surface area contributed by atoms with Gasteiger partial charge in [-0.2, -0.15) is 0 Å². The van der Waals surface area contributed by atoms with Crippen LogP contribution in [-0.4, -0.2) is 24.0 Å². The van der Waals surface area contributed by atoms with Crippen molar-refractivity contribution in [1.82, 2.24) is 4.98 Å². The van der Waals surface area contributed by atoms with Crippen molar-refractivity contribution in [3.05, 3.63) is 52.8 Å². The molecular weight excluding hydrogens is 298 g/mol. The molecule has 0 aliphatic carbocycles. The van der Waals surface area contributed by atoms with Gasteiger partial charge in [-0.1, -0.05) is 17.7 Å². The second-order valence-corrected chi connectivity index (χ2v) is 5.98. The lowest BCUT2D eigenvalue weighted by Gasteiger charge is -2.17. The molecule has 2 aromatic rings. The SMILES string of the molecule is Cc1ccc(Cl)cc1NC(=O)c1cncc(N2CCCC2)c1. The number of halogens is 1. The van der Waals surface area contributed by atoms with Crippen LogP contribution in [0.3, 0.4) is 0 Å². The number of rotatable bonds is 3. The Morgan fingerprint density at radius 1 is 1.23 bits per heavy atom. The van der Waals surface area contributed by atoms with Gasteiger partial charge in [0.25, 0.3) is 5.91 Å². The summed E-state index contributed by atoms with van der Waals surface area (Å²) in [6.07, 6.45) is 5.79. The molecule has 22 heavy (non-hydrogen) atoms. The van der Waals surface area contributed by atoms with E-state index in [9.17, 15) is 4.79 Å². The molecule has 0 unspecified atom stereocenters. The van der Waals surface area contributed by atoms with E-state index in [1.165, 1.54) is 12.8 Å². The maximum atomic E-state index is 12.4. The molecule has 5 heteroatoms. The molecule has 1 aromatic carbocycles. The van der Waals surface area contributed by atoms with E-state index >= 15 is 0 Å². The monoisotopic (exact) mass is 315 g/mol. The standard InChI is InChI=1S/C17H18ClN3O/c1-12-4-5-14(18)9-16(12)20-17(22)13-8-15(11-19-10-13)21-6-2-3-7-21/h4-5,8-11H,2-3,6-7H2,1H3,(H,20,22). The maximum Gasteiger partial charge on any atom is 0.257 e. The fourth-order valence-electron chi connectivity index (χ4n) is 2.62. The lowest BCUT2D eigenvalue weighted by Crippen LogP contribution is -2.19. The van der Waals surface area contributed by atoms with Gasteiger partial charge in [-0.15, -0.1) is 0 Å². The van der Waals surface area contributed by atoms with E-state index in [2.05, 4.69) is 15.2 Å². The molecule has 114 valence electrons. The van der Waals surface area contributed by atoms with Crippen molar-refractivity contribution >= 4 is 28.9 Å². The highest BCUT2D eigenvalue weighted by Crippen LogP contribution is 2.23. The number of hydrogen-bond donors (Lipinski definition) is 1. The van der Waals surface area contributed by atoms with E-state index < -0.39 is 0 Å². The Labute approximate surface area is 135 Å². The van der Waals surface area contributed by atoms with Gasteiger partial charge in [0.1, 0.15) is 0 Å². The second kappa shape index (κ2) is 6.36. The van der Waals surface area contributed by atoms with Crippen LogP contribution in [0.15, 0.2) is 36.7 Å². The van der Waals surface area contributed by atoms with E-state index in [-0.39, 0.29) is 5.91 Å². The smallest absolute Gasteiger partial charge is 0.257 e. The van der Waals surface area contributed by atoms with Crippen LogP contribution in [0.25, 0.3) is 0 Å². The van der Waals surface area contributed by atoms with Gasteiger partial charge < -0.3 is 10.2 Å². The summed E-state index contributed by atoms with van der Waals surface area (Å²) in [6.45, 7) is 3.99. The average Bonchev–Trinajstić information content (AvgIpc) is 3.05. The Hall–Kier alpha value is -2.07. The molecule has 0 spiro atoms. The topological polar surface area (TPSA) is 45.2 Å². The van der Waals surface area contributed by atoms with Crippen LogP contribution in [0.5, 0.6) is 0 Å². The number of hydrogen-bond acceptors (Lipinski definition) is 3. The number of pyridine rings is 1. The van der Waals surface area contributed by atoms with Gasteiger partial charge in [-0.05, 0) is 43.5 Å². The van der Waals surface area contributed by atoms with E-state index in [4.69, 9.17) is 11.6 Å². The molecule has 0 atom stereocenters. The van der Waals surface area contributed by atoms with Crippen LogP contribution in [0.2, 0.25) is 5.02 Å². The van der Waals surface area contributed by atoms with Crippen LogP contribution in [0, 0.1) is 6.92 Å². The molecule has 0 bridgehead atoms. The quantitative estimate of drug-likeness (QED) is 0.934. The van der Waals surface area contributed by atoms with Crippen molar-refractivity contribution in [1.29, 1.82) is 0 Å². The fraction of sp³-hybridized carbons (Fsp3) is 0.294. The molecule has 0 radical (unpaired) electrons. The Morgan fingerprint density at radius 3 is 2.77 bits per heavy atom. The molecule has 4 nitrogen and oxygen atoms in total. The molecule has 1 fully saturated rings. The lowest BCUT2D eigenvalue weighted by molar-refractivity contribution is 0.102. The number of anilines is 2. The molecule has 1 saturated heterocycles. The number of nitrogens with zero attached hydrogens (tertiary/aromatic N) is 2. The van der Waals surface area contributed by atoms with Crippen molar-refractivity contribution in [3.8, 4) is 0 Å². The zero-order chi connectivity index (χ0) is 15.5. The fourth-order valence-corrected chi connectivity index (χ4v) is 2.80. The molecule has 1 aromatic heterocycles. The summed E-state index contributed by atoms with van der Waals surface area (Å²) in [5.74, 6) is -0.168. The highest BCUT2D eigenvalue weighted by Gasteiger charge is 2.15. The van der Waals surface area contributed by atoms with Crippen LogP contribution < -0.4 is 10.2 Å². The molecule has 3 rings (SSSR count). The van der Waals surface area contributed by atoms with E-state index in [0.29, 0.717) is 10.6 Å². The molecule has 2 heterocycles. The lowest BCUT2D eigenvalue weighted by atomic mass is 10.2. The average molecular weight is 316 g/mol. The minimum absolute atomic E-state index is 0.168. The van der Waals surface area contributed by atoms with Crippen LogP contribution in [0.4, 0.5) is 11.4 Å². The third-order valence-corrected chi connectivity index (χ3v) is 4.14. The number of aromatic nitrogens is 1. The van der Waals surface area contributed by atoms with Crippen molar-refractivity contribution in [3.63, 3.8) is 0 Å². The first kappa shape index (κ1) is 14.9. The van der Waals surface area contributed by atoms with Crippen molar-refractivity contribution < 1.29 is 4.79 Å². The zero-order valence-electron chi connectivity index (χ0n) is 12.5. The number of benzene rings is 1. The Kier molecular flexibility index (Phi) is 4.29. The number of aryl methyl sites for hydroxylation is 1. The van der Waals surface area contributed by atoms with E-state index in [1.807, 2.05) is 31.3 Å². The number of carbonyl (C=O) groups is 1. The maximum absolute atomic E-state index is 12.4. The van der Waals surface area contributed by atoms with Gasteiger partial charge in [-0.3, -0.25) is 9.78 Å². The molecule has 0 saturated carbocycles. The Balaban J connectivity index is 1.80. The van der Waals surface area contributed by atoms with Crippen LogP contribution in [-0.2, 0) is 0 Å². The number of carbonyl (C=O) groups excluding carboxylic acids is 1. The van der Waals surface area contributed by atoms with Crippen molar-refractivity contribution in [2.75, 3.05) is 23.3 Å². The van der Waals surface area contributed by atoms with Crippen molar-refractivity contribution in [2.24, 2.45) is 0 Å². The van der Waals surface area contributed by atoms with Crippen LogP contribution in [0.1, 0.15) is 28.8 Å². The second-order valence-electron chi connectivity index (χ2n) is 5.54. The third-order valence-electron chi connectivity index (χ3n) is 3.91. The van der Waals surface area contributed by atoms with Gasteiger partial charge in [0.05, 0.1) is 17.4 Å². The summed E-state index contributed by atoms with van der Waals surface area (Å²) in [6, 6.07) is 7.35. The first-order chi connectivity index (χ1) is 10.6. The van der Waals surface area contributed by atoms with Gasteiger partial charge >= 0.3 is 0 Å². The first-order valence-electron chi connectivity index (χ1n) is 7.41. The van der Waals surface area contributed by atoms with Gasteiger partial charge in [0.2, 0.25) is 0 Å². The summed E-state index contributed by atoms with van der Waals surface area (Å²) in [7, 11) is 0. The Bertz CT molecular complexity index is 696. The van der Waals surface area contributed by atoms with E-state index in [0.717, 1.165) is 30.0 Å². The summed E-state index contributed by atoms with van der Waals surface area (Å²) in [5.41, 5.74) is 3.27. The minimum atomic E-state index is -0.168. The minimum Gasteiger partial charge on any atom is -0.370 e. The highest BCUT2D eigenvalue weighted by molar-refractivity contribution is 6.31. The first-order valence-corrected chi connectivity index (χ1v) is 7.79. The molecule has 1 amide bonds.